The van der Waals surface area contributed by atoms with Gasteiger partial charge < -0.3 is 24.8 Å². The predicted octanol–water partition coefficient (Wildman–Crippen LogP) is -0.0430. The van der Waals surface area contributed by atoms with Crippen LogP contribution in [0, 0.1) is 17.2 Å². The first kappa shape index (κ1) is 15.7. The van der Waals surface area contributed by atoms with Gasteiger partial charge in [0.15, 0.2) is 0 Å². The summed E-state index contributed by atoms with van der Waals surface area (Å²) in [6.07, 6.45) is 0.728. The molecule has 2 aliphatic rings. The smallest absolute Gasteiger partial charge is 0.120 e. The van der Waals surface area contributed by atoms with Gasteiger partial charge in [0.1, 0.15) is 11.7 Å². The largest absolute Gasteiger partial charge is 0.394 e. The van der Waals surface area contributed by atoms with Crippen molar-refractivity contribution in [2.24, 2.45) is 5.92 Å². The molecule has 0 aromatic rings. The van der Waals surface area contributed by atoms with Crippen molar-refractivity contribution < 1.29 is 24.8 Å². The summed E-state index contributed by atoms with van der Waals surface area (Å²) in [6.45, 7) is 1.31. The van der Waals surface area contributed by atoms with Gasteiger partial charge in [-0.15, -0.1) is 0 Å². The van der Waals surface area contributed by atoms with Crippen molar-refractivity contribution in [3.63, 3.8) is 0 Å². The zero-order valence-electron chi connectivity index (χ0n) is 11.7. The molecule has 2 fully saturated rings. The highest BCUT2D eigenvalue weighted by molar-refractivity contribution is 5.03. The van der Waals surface area contributed by atoms with Crippen LogP contribution in [0.15, 0.2) is 0 Å². The van der Waals surface area contributed by atoms with Gasteiger partial charge in [-0.2, -0.15) is 5.26 Å². The summed E-state index contributed by atoms with van der Waals surface area (Å²) in [7, 11) is 0. The fourth-order valence-electron chi connectivity index (χ4n) is 3.20. The van der Waals surface area contributed by atoms with E-state index in [1.54, 1.807) is 0 Å². The number of rotatable bonds is 5. The first-order valence-electron chi connectivity index (χ1n) is 7.17. The Morgan fingerprint density at radius 3 is 2.75 bits per heavy atom. The topological polar surface area (TPSA) is 103 Å². The van der Waals surface area contributed by atoms with E-state index in [0.717, 1.165) is 12.8 Å². The van der Waals surface area contributed by atoms with Gasteiger partial charge in [-0.25, -0.2) is 0 Å². The lowest BCUT2D eigenvalue weighted by Gasteiger charge is -2.41. The maximum atomic E-state index is 9.72. The first-order valence-corrected chi connectivity index (χ1v) is 7.17. The molecule has 0 aliphatic carbocycles. The third-order valence-corrected chi connectivity index (χ3v) is 4.35. The quantitative estimate of drug-likeness (QED) is 0.655. The van der Waals surface area contributed by atoms with E-state index >= 15 is 0 Å². The molecule has 2 aliphatic heterocycles. The molecular weight excluding hydrogens is 262 g/mol. The highest BCUT2D eigenvalue weighted by Crippen LogP contribution is 2.43. The van der Waals surface area contributed by atoms with E-state index in [-0.39, 0.29) is 31.3 Å². The summed E-state index contributed by atoms with van der Waals surface area (Å²) in [5.41, 5.74) is -0.807. The number of nitrogens with zero attached hydrogens (tertiary/aromatic N) is 1. The second-order valence-electron chi connectivity index (χ2n) is 5.92. The SMILES string of the molecule is C[C@@H](C#N)CC1CCC2O[C@@H]([C@H](O)CO)CC2(CO)O1. The van der Waals surface area contributed by atoms with Crippen molar-refractivity contribution in [3.8, 4) is 6.07 Å². The molecular formula is C14H23NO5. The summed E-state index contributed by atoms with van der Waals surface area (Å²) in [6, 6.07) is 2.19. The minimum absolute atomic E-state index is 0.0679. The first-order chi connectivity index (χ1) is 9.54. The third kappa shape index (κ3) is 2.97. The van der Waals surface area contributed by atoms with Crippen LogP contribution in [0.1, 0.15) is 32.6 Å². The molecule has 3 N–H and O–H groups in total. The van der Waals surface area contributed by atoms with Gasteiger partial charge in [0.05, 0.1) is 37.6 Å². The average Bonchev–Trinajstić information content (AvgIpc) is 2.85. The van der Waals surface area contributed by atoms with Crippen LogP contribution in [0.25, 0.3) is 0 Å². The van der Waals surface area contributed by atoms with E-state index in [9.17, 15) is 10.2 Å². The van der Waals surface area contributed by atoms with Gasteiger partial charge in [0, 0.05) is 12.3 Å². The molecule has 0 radical (unpaired) electrons. The maximum Gasteiger partial charge on any atom is 0.120 e. The number of hydrogen-bond acceptors (Lipinski definition) is 6. The van der Waals surface area contributed by atoms with Gasteiger partial charge in [-0.05, 0) is 26.2 Å². The molecule has 0 spiro atoms. The number of ether oxygens (including phenoxy) is 2. The van der Waals surface area contributed by atoms with Crippen LogP contribution in [0.2, 0.25) is 0 Å². The van der Waals surface area contributed by atoms with Crippen LogP contribution in [-0.2, 0) is 9.47 Å². The highest BCUT2D eigenvalue weighted by Gasteiger charge is 2.54. The molecule has 3 unspecified atom stereocenters. The molecule has 0 bridgehead atoms. The van der Waals surface area contributed by atoms with E-state index in [2.05, 4.69) is 6.07 Å². The van der Waals surface area contributed by atoms with Crippen LogP contribution < -0.4 is 0 Å². The highest BCUT2D eigenvalue weighted by atomic mass is 16.6. The third-order valence-electron chi connectivity index (χ3n) is 4.35. The molecule has 114 valence electrons. The lowest BCUT2D eigenvalue weighted by molar-refractivity contribution is -0.186. The number of aliphatic hydroxyl groups is 3. The van der Waals surface area contributed by atoms with Gasteiger partial charge in [0.2, 0.25) is 0 Å². The minimum Gasteiger partial charge on any atom is -0.394 e. The Morgan fingerprint density at radius 2 is 2.15 bits per heavy atom. The van der Waals surface area contributed by atoms with Gasteiger partial charge in [0.25, 0.3) is 0 Å². The molecule has 2 rings (SSSR count). The van der Waals surface area contributed by atoms with Crippen LogP contribution in [-0.4, -0.2) is 58.6 Å². The molecule has 6 atom stereocenters. The number of fused-ring (bicyclic) bond motifs is 1. The summed E-state index contributed by atoms with van der Waals surface area (Å²) < 4.78 is 11.8. The predicted molar refractivity (Wildman–Crippen MR) is 69.7 cm³/mol. The summed E-state index contributed by atoms with van der Waals surface area (Å²) >= 11 is 0. The average molecular weight is 285 g/mol. The van der Waals surface area contributed by atoms with Crippen molar-refractivity contribution >= 4 is 0 Å². The molecule has 6 nitrogen and oxygen atoms in total. The molecule has 0 saturated carbocycles. The van der Waals surface area contributed by atoms with E-state index in [1.165, 1.54) is 0 Å². The van der Waals surface area contributed by atoms with E-state index in [1.807, 2.05) is 6.92 Å². The van der Waals surface area contributed by atoms with Gasteiger partial charge in [-0.3, -0.25) is 0 Å². The van der Waals surface area contributed by atoms with E-state index in [4.69, 9.17) is 19.8 Å². The Bertz CT molecular complexity index is 371. The lowest BCUT2D eigenvalue weighted by Crippen LogP contribution is -2.51. The summed E-state index contributed by atoms with van der Waals surface area (Å²) in [4.78, 5) is 0. The lowest BCUT2D eigenvalue weighted by atomic mass is 9.85. The molecule has 0 aromatic carbocycles. The zero-order valence-corrected chi connectivity index (χ0v) is 11.7. The number of hydrogen-bond donors (Lipinski definition) is 3. The fourth-order valence-corrected chi connectivity index (χ4v) is 3.20. The van der Waals surface area contributed by atoms with Gasteiger partial charge >= 0.3 is 0 Å². The molecule has 0 amide bonds. The second kappa shape index (κ2) is 6.37. The monoisotopic (exact) mass is 285 g/mol. The zero-order chi connectivity index (χ0) is 14.8. The second-order valence-corrected chi connectivity index (χ2v) is 5.92. The van der Waals surface area contributed by atoms with E-state index < -0.39 is 17.8 Å². The Morgan fingerprint density at radius 1 is 1.40 bits per heavy atom. The Balaban J connectivity index is 2.04. The van der Waals surface area contributed by atoms with Crippen molar-refractivity contribution in [2.75, 3.05) is 13.2 Å². The van der Waals surface area contributed by atoms with Crippen molar-refractivity contribution in [1.82, 2.24) is 0 Å². The molecule has 2 saturated heterocycles. The normalized spacial score (nSPS) is 39.9. The molecule has 2 heterocycles. The van der Waals surface area contributed by atoms with Crippen LogP contribution in [0.4, 0.5) is 0 Å². The summed E-state index contributed by atoms with van der Waals surface area (Å²) in [5, 5.41) is 37.3. The minimum atomic E-state index is -0.955. The number of nitriles is 1. The van der Waals surface area contributed by atoms with Crippen molar-refractivity contribution in [1.29, 1.82) is 5.26 Å². The van der Waals surface area contributed by atoms with Crippen LogP contribution in [0.5, 0.6) is 0 Å². The molecule has 20 heavy (non-hydrogen) atoms. The van der Waals surface area contributed by atoms with Crippen molar-refractivity contribution in [3.05, 3.63) is 0 Å². The van der Waals surface area contributed by atoms with Crippen molar-refractivity contribution in [2.45, 2.75) is 62.6 Å². The van der Waals surface area contributed by atoms with Crippen LogP contribution >= 0.6 is 0 Å². The summed E-state index contributed by atoms with van der Waals surface area (Å²) in [5.74, 6) is -0.0894. The van der Waals surface area contributed by atoms with Crippen LogP contribution in [0.3, 0.4) is 0 Å². The maximum absolute atomic E-state index is 9.72. The Labute approximate surface area is 118 Å². The fraction of sp³-hybridized carbons (Fsp3) is 0.929. The Hall–Kier alpha value is -0.710. The Kier molecular flexibility index (Phi) is 4.99. The number of aliphatic hydroxyl groups excluding tert-OH is 3. The standard InChI is InChI=1S/C14H23NO5/c1-9(6-15)4-10-2-3-13-14(8-17,20-10)5-12(19-13)11(18)7-16/h9-13,16-18H,2-5,7-8H2,1H3/t9-,10?,11-,12-,13?,14?/m1/s1. The van der Waals surface area contributed by atoms with E-state index in [0.29, 0.717) is 12.8 Å². The van der Waals surface area contributed by atoms with Gasteiger partial charge in [-0.1, -0.05) is 0 Å². The molecule has 0 aromatic heterocycles. The molecule has 6 heteroatoms.